The van der Waals surface area contributed by atoms with Crippen LogP contribution in [0.1, 0.15) is 34.3 Å². The zero-order chi connectivity index (χ0) is 26.8. The van der Waals surface area contributed by atoms with E-state index in [-0.39, 0.29) is 17.9 Å². The average molecular weight is 556 g/mol. The molecule has 9 heteroatoms. The van der Waals surface area contributed by atoms with Crippen LogP contribution in [-0.4, -0.2) is 67.4 Å². The molecule has 1 aromatic heterocycles. The van der Waals surface area contributed by atoms with Crippen LogP contribution < -0.4 is 10.1 Å². The number of nitrogens with one attached hydrogen (secondary N) is 1. The van der Waals surface area contributed by atoms with Gasteiger partial charge < -0.3 is 24.4 Å². The van der Waals surface area contributed by atoms with Gasteiger partial charge in [0.15, 0.2) is 11.9 Å². The van der Waals surface area contributed by atoms with E-state index in [1.807, 2.05) is 12.1 Å². The molecule has 4 heterocycles. The minimum absolute atomic E-state index is 0.214. The van der Waals surface area contributed by atoms with Gasteiger partial charge in [-0.05, 0) is 11.1 Å². The van der Waals surface area contributed by atoms with E-state index in [0.29, 0.717) is 39.9 Å². The fourth-order valence-corrected chi connectivity index (χ4v) is 6.87. The standard InChI is InChI=1S/C29H31ClN2O5S/c1-36-25-23(19-38-26(25)30)27(33)31-14-17-32-15-12-20(13-16-32)24(18-32)37-28(34)29(35,21-8-4-2-5-9-21)22-10-6-3-7-11-22/h2-11,19-20,24,35H,12-18H2,1H3/p+1/t20?,24-,32?/m0/s1. The summed E-state index contributed by atoms with van der Waals surface area (Å²) in [7, 11) is 1.50. The first kappa shape index (κ1) is 26.7. The Morgan fingerprint density at radius 2 is 1.68 bits per heavy atom. The van der Waals surface area contributed by atoms with Crippen LogP contribution >= 0.6 is 22.9 Å². The van der Waals surface area contributed by atoms with Gasteiger partial charge in [-0.1, -0.05) is 72.3 Å². The fraction of sp³-hybridized carbons (Fsp3) is 0.379. The van der Waals surface area contributed by atoms with Gasteiger partial charge in [0.25, 0.3) is 5.91 Å². The minimum atomic E-state index is -1.89. The van der Waals surface area contributed by atoms with Crippen molar-refractivity contribution in [3.63, 3.8) is 0 Å². The molecule has 3 fully saturated rings. The van der Waals surface area contributed by atoms with Crippen molar-refractivity contribution in [3.05, 3.63) is 87.1 Å². The van der Waals surface area contributed by atoms with E-state index in [2.05, 4.69) is 5.32 Å². The second kappa shape index (κ2) is 11.1. The summed E-state index contributed by atoms with van der Waals surface area (Å²) in [5.41, 5.74) is -0.498. The first-order valence-corrected chi connectivity index (χ1v) is 14.1. The summed E-state index contributed by atoms with van der Waals surface area (Å²) < 4.78 is 12.6. The van der Waals surface area contributed by atoms with Crippen LogP contribution in [0.4, 0.5) is 0 Å². The first-order valence-electron chi connectivity index (χ1n) is 12.8. The molecule has 38 heavy (non-hydrogen) atoms. The number of ether oxygens (including phenoxy) is 2. The fourth-order valence-electron chi connectivity index (χ4n) is 5.83. The molecule has 3 aliphatic rings. The van der Waals surface area contributed by atoms with E-state index in [4.69, 9.17) is 21.1 Å². The summed E-state index contributed by atoms with van der Waals surface area (Å²) in [6, 6.07) is 17.9. The molecule has 6 rings (SSSR count). The summed E-state index contributed by atoms with van der Waals surface area (Å²) in [5, 5.41) is 16.5. The van der Waals surface area contributed by atoms with Gasteiger partial charge in [0, 0.05) is 24.1 Å². The molecule has 3 aromatic rings. The highest BCUT2D eigenvalue weighted by Crippen LogP contribution is 2.38. The number of hydrogen-bond donors (Lipinski definition) is 2. The highest BCUT2D eigenvalue weighted by molar-refractivity contribution is 7.15. The number of esters is 1. The third kappa shape index (κ3) is 5.06. The number of benzene rings is 2. The second-order valence-corrected chi connectivity index (χ2v) is 11.6. The predicted molar refractivity (Wildman–Crippen MR) is 146 cm³/mol. The Morgan fingerprint density at radius 3 is 2.26 bits per heavy atom. The van der Waals surface area contributed by atoms with Crippen LogP contribution in [0.3, 0.4) is 0 Å². The maximum absolute atomic E-state index is 13.7. The second-order valence-electron chi connectivity index (χ2n) is 10.1. The van der Waals surface area contributed by atoms with Crippen LogP contribution in [0.25, 0.3) is 0 Å². The Bertz CT molecular complexity index is 1240. The van der Waals surface area contributed by atoms with Crippen LogP contribution in [0, 0.1) is 5.92 Å². The summed E-state index contributed by atoms with van der Waals surface area (Å²) in [5.74, 6) is -0.201. The molecule has 200 valence electrons. The minimum Gasteiger partial charge on any atom is -0.493 e. The van der Waals surface area contributed by atoms with Crippen molar-refractivity contribution in [3.8, 4) is 5.75 Å². The summed E-state index contributed by atoms with van der Waals surface area (Å²) in [6.07, 6.45) is 1.58. The van der Waals surface area contributed by atoms with Crippen molar-refractivity contribution >= 4 is 34.8 Å². The van der Waals surface area contributed by atoms with Crippen molar-refractivity contribution in [2.24, 2.45) is 5.92 Å². The molecule has 0 spiro atoms. The highest BCUT2D eigenvalue weighted by Gasteiger charge is 2.50. The molecule has 0 saturated carbocycles. The van der Waals surface area contributed by atoms with E-state index >= 15 is 0 Å². The molecule has 1 amide bonds. The number of carbonyl (C=O) groups excluding carboxylic acids is 2. The Morgan fingerprint density at radius 1 is 1.08 bits per heavy atom. The van der Waals surface area contributed by atoms with E-state index in [1.165, 1.54) is 18.4 Å². The number of rotatable bonds is 9. The highest BCUT2D eigenvalue weighted by atomic mass is 35.5. The molecular formula is C29H32ClN2O5S+. The number of hydrogen-bond acceptors (Lipinski definition) is 6. The van der Waals surface area contributed by atoms with Gasteiger partial charge in [-0.3, -0.25) is 4.79 Å². The normalized spacial score (nSPS) is 22.6. The first-order chi connectivity index (χ1) is 18.4. The van der Waals surface area contributed by atoms with Crippen molar-refractivity contribution in [2.75, 3.05) is 39.8 Å². The smallest absolute Gasteiger partial charge is 0.348 e. The number of quaternary nitrogens is 1. The molecule has 7 nitrogen and oxygen atoms in total. The van der Waals surface area contributed by atoms with Gasteiger partial charge in [0.2, 0.25) is 5.60 Å². The van der Waals surface area contributed by atoms with Crippen molar-refractivity contribution in [1.82, 2.24) is 5.32 Å². The number of nitrogens with zero attached hydrogens (tertiary/aromatic N) is 1. The lowest BCUT2D eigenvalue weighted by molar-refractivity contribution is -0.945. The van der Waals surface area contributed by atoms with Crippen LogP contribution in [0.5, 0.6) is 5.75 Å². The lowest BCUT2D eigenvalue weighted by Crippen LogP contribution is -2.66. The summed E-state index contributed by atoms with van der Waals surface area (Å²) in [4.78, 5) is 26.4. The van der Waals surface area contributed by atoms with Gasteiger partial charge in [-0.2, -0.15) is 0 Å². The number of fused-ring (bicyclic) bond motifs is 3. The topological polar surface area (TPSA) is 84.9 Å². The Balaban J connectivity index is 1.27. The Kier molecular flexibility index (Phi) is 7.77. The van der Waals surface area contributed by atoms with E-state index < -0.39 is 11.6 Å². The lowest BCUT2D eigenvalue weighted by atomic mass is 9.82. The number of halogens is 1. The maximum atomic E-state index is 13.7. The van der Waals surface area contributed by atoms with Crippen molar-refractivity contribution in [1.29, 1.82) is 0 Å². The van der Waals surface area contributed by atoms with Gasteiger partial charge in [-0.15, -0.1) is 11.3 Å². The molecule has 2 N–H and O–H groups in total. The van der Waals surface area contributed by atoms with E-state index in [9.17, 15) is 14.7 Å². The zero-order valence-electron chi connectivity index (χ0n) is 21.3. The molecule has 1 atom stereocenters. The summed E-state index contributed by atoms with van der Waals surface area (Å²) in [6.45, 7) is 3.83. The van der Waals surface area contributed by atoms with Crippen molar-refractivity contribution in [2.45, 2.75) is 24.5 Å². The molecule has 0 unspecified atom stereocenters. The SMILES string of the molecule is COc1c(C(=O)NCC[N+]23CCC(CC2)[C@@H](OC(=O)C(O)(c2ccccc2)c2ccccc2)C3)csc1Cl. The molecule has 3 saturated heterocycles. The van der Waals surface area contributed by atoms with Crippen LogP contribution in [0.2, 0.25) is 4.34 Å². The number of amides is 1. The van der Waals surface area contributed by atoms with Crippen LogP contribution in [-0.2, 0) is 15.1 Å². The zero-order valence-corrected chi connectivity index (χ0v) is 22.8. The number of methoxy groups -OCH3 is 1. The van der Waals surface area contributed by atoms with E-state index in [0.717, 1.165) is 37.0 Å². The largest absolute Gasteiger partial charge is 0.493 e. The number of carbonyl (C=O) groups is 2. The van der Waals surface area contributed by atoms with Crippen LogP contribution in [0.15, 0.2) is 66.0 Å². The van der Waals surface area contributed by atoms with Gasteiger partial charge in [0.1, 0.15) is 10.9 Å². The van der Waals surface area contributed by atoms with Crippen molar-refractivity contribution < 1.29 is 28.7 Å². The summed E-state index contributed by atoms with van der Waals surface area (Å²) >= 11 is 7.38. The third-order valence-corrected chi connectivity index (χ3v) is 9.19. The molecule has 2 bridgehead atoms. The molecule has 3 aliphatic heterocycles. The number of piperidine rings is 3. The van der Waals surface area contributed by atoms with Gasteiger partial charge in [0.05, 0.1) is 38.9 Å². The average Bonchev–Trinajstić information content (AvgIpc) is 3.34. The third-order valence-electron chi connectivity index (χ3n) is 8.00. The lowest BCUT2D eigenvalue weighted by Gasteiger charge is -2.52. The molecular weight excluding hydrogens is 524 g/mol. The molecule has 2 aromatic carbocycles. The maximum Gasteiger partial charge on any atom is 0.348 e. The Hall–Kier alpha value is -2.91. The molecule has 0 radical (unpaired) electrons. The van der Waals surface area contributed by atoms with Gasteiger partial charge >= 0.3 is 5.97 Å². The monoisotopic (exact) mass is 555 g/mol. The number of aliphatic hydroxyl groups is 1. The van der Waals surface area contributed by atoms with Gasteiger partial charge in [-0.25, -0.2) is 4.79 Å². The van der Waals surface area contributed by atoms with E-state index in [1.54, 1.807) is 53.9 Å². The Labute approximate surface area is 231 Å². The molecule has 0 aliphatic carbocycles. The quantitative estimate of drug-likeness (QED) is 0.305. The number of thiophene rings is 1. The predicted octanol–water partition coefficient (Wildman–Crippen LogP) is 4.23.